The van der Waals surface area contributed by atoms with Gasteiger partial charge in [-0.3, -0.25) is 4.79 Å². The number of rotatable bonds is 6. The predicted molar refractivity (Wildman–Crippen MR) is 80.3 cm³/mol. The molecule has 1 aromatic rings. The number of methoxy groups -OCH3 is 1. The molecule has 1 aromatic carbocycles. The van der Waals surface area contributed by atoms with Crippen molar-refractivity contribution in [2.45, 2.75) is 12.5 Å². The highest BCUT2D eigenvalue weighted by Gasteiger charge is 2.13. The SMILES string of the molecule is COc1cc(NC(=O)[C@@H](N)CCSC)ccc1Br. The van der Waals surface area contributed by atoms with Crippen LogP contribution in [0.25, 0.3) is 0 Å². The van der Waals surface area contributed by atoms with Gasteiger partial charge in [0.25, 0.3) is 0 Å². The Kier molecular flexibility index (Phi) is 6.52. The number of carbonyl (C=O) groups excluding carboxylic acids is 1. The lowest BCUT2D eigenvalue weighted by Crippen LogP contribution is -2.36. The van der Waals surface area contributed by atoms with Crippen molar-refractivity contribution in [2.24, 2.45) is 5.73 Å². The predicted octanol–water partition coefficient (Wildman–Crippen LogP) is 2.48. The lowest BCUT2D eigenvalue weighted by atomic mass is 10.2. The summed E-state index contributed by atoms with van der Waals surface area (Å²) < 4.78 is 6.00. The fourth-order valence-corrected chi connectivity index (χ4v) is 2.25. The van der Waals surface area contributed by atoms with Gasteiger partial charge in [0.1, 0.15) is 5.75 Å². The fraction of sp³-hybridized carbons (Fsp3) is 0.417. The molecule has 0 aliphatic carbocycles. The molecule has 0 bridgehead atoms. The molecule has 100 valence electrons. The van der Waals surface area contributed by atoms with E-state index in [1.807, 2.05) is 12.3 Å². The zero-order chi connectivity index (χ0) is 13.5. The zero-order valence-electron chi connectivity index (χ0n) is 10.4. The zero-order valence-corrected chi connectivity index (χ0v) is 12.8. The van der Waals surface area contributed by atoms with Crippen LogP contribution in [0.4, 0.5) is 5.69 Å². The molecule has 0 fully saturated rings. The van der Waals surface area contributed by atoms with E-state index in [1.165, 1.54) is 0 Å². The Labute approximate surface area is 120 Å². The van der Waals surface area contributed by atoms with E-state index in [9.17, 15) is 4.79 Å². The molecule has 1 amide bonds. The quantitative estimate of drug-likeness (QED) is 0.839. The highest BCUT2D eigenvalue weighted by molar-refractivity contribution is 9.10. The number of ether oxygens (including phenoxy) is 1. The molecule has 1 atom stereocenters. The highest BCUT2D eigenvalue weighted by Crippen LogP contribution is 2.27. The first-order valence-electron chi connectivity index (χ1n) is 5.47. The van der Waals surface area contributed by atoms with Gasteiger partial charge in [-0.2, -0.15) is 11.8 Å². The molecule has 0 radical (unpaired) electrons. The summed E-state index contributed by atoms with van der Waals surface area (Å²) in [7, 11) is 1.58. The van der Waals surface area contributed by atoms with Crippen LogP contribution >= 0.6 is 27.7 Å². The number of anilines is 1. The number of thioether (sulfide) groups is 1. The minimum absolute atomic E-state index is 0.173. The molecule has 3 N–H and O–H groups in total. The molecule has 4 nitrogen and oxygen atoms in total. The van der Waals surface area contributed by atoms with E-state index in [-0.39, 0.29) is 5.91 Å². The van der Waals surface area contributed by atoms with Crippen LogP contribution in [0.3, 0.4) is 0 Å². The molecule has 0 aliphatic heterocycles. The van der Waals surface area contributed by atoms with Crippen LogP contribution in [0.15, 0.2) is 22.7 Å². The molecule has 0 saturated carbocycles. The Morgan fingerprint density at radius 2 is 2.33 bits per heavy atom. The lowest BCUT2D eigenvalue weighted by Gasteiger charge is -2.12. The number of hydrogen-bond donors (Lipinski definition) is 2. The van der Waals surface area contributed by atoms with Gasteiger partial charge in [0, 0.05) is 11.8 Å². The van der Waals surface area contributed by atoms with Gasteiger partial charge in [0.2, 0.25) is 5.91 Å². The van der Waals surface area contributed by atoms with Crippen molar-refractivity contribution >= 4 is 39.3 Å². The number of nitrogens with one attached hydrogen (secondary N) is 1. The number of carbonyl (C=O) groups is 1. The molecular weight excluding hydrogens is 316 g/mol. The maximum absolute atomic E-state index is 11.8. The highest BCUT2D eigenvalue weighted by atomic mass is 79.9. The van der Waals surface area contributed by atoms with Crippen molar-refractivity contribution in [3.63, 3.8) is 0 Å². The molecule has 0 aromatic heterocycles. The monoisotopic (exact) mass is 332 g/mol. The van der Waals surface area contributed by atoms with Crippen LogP contribution in [0, 0.1) is 0 Å². The molecule has 6 heteroatoms. The van der Waals surface area contributed by atoms with E-state index >= 15 is 0 Å². The third-order valence-electron chi connectivity index (χ3n) is 2.39. The summed E-state index contributed by atoms with van der Waals surface area (Å²) in [5.41, 5.74) is 6.47. The molecule has 0 aliphatic rings. The maximum atomic E-state index is 11.8. The number of nitrogens with two attached hydrogens (primary N) is 1. The van der Waals surface area contributed by atoms with E-state index in [1.54, 1.807) is 31.0 Å². The van der Waals surface area contributed by atoms with E-state index in [4.69, 9.17) is 10.5 Å². The Bertz CT molecular complexity index is 415. The third kappa shape index (κ3) is 4.51. The Morgan fingerprint density at radius 3 is 2.94 bits per heavy atom. The van der Waals surface area contributed by atoms with E-state index in [0.717, 1.165) is 10.2 Å². The van der Waals surface area contributed by atoms with E-state index in [0.29, 0.717) is 17.9 Å². The summed E-state index contributed by atoms with van der Waals surface area (Å²) in [4.78, 5) is 11.8. The van der Waals surface area contributed by atoms with Crippen molar-refractivity contribution in [3.8, 4) is 5.75 Å². The second-order valence-corrected chi connectivity index (χ2v) is 5.57. The van der Waals surface area contributed by atoms with Crippen molar-refractivity contribution in [1.29, 1.82) is 0 Å². The van der Waals surface area contributed by atoms with Gasteiger partial charge >= 0.3 is 0 Å². The van der Waals surface area contributed by atoms with Crippen molar-refractivity contribution in [3.05, 3.63) is 22.7 Å². The summed E-state index contributed by atoms with van der Waals surface area (Å²) in [6.45, 7) is 0. The van der Waals surface area contributed by atoms with Crippen molar-refractivity contribution < 1.29 is 9.53 Å². The average Bonchev–Trinajstić information content (AvgIpc) is 2.37. The average molecular weight is 333 g/mol. The molecule has 1 rings (SSSR count). The first-order valence-corrected chi connectivity index (χ1v) is 7.66. The minimum Gasteiger partial charge on any atom is -0.495 e. The Hall–Kier alpha value is -0.720. The lowest BCUT2D eigenvalue weighted by molar-refractivity contribution is -0.117. The van der Waals surface area contributed by atoms with Gasteiger partial charge in [0.05, 0.1) is 17.6 Å². The van der Waals surface area contributed by atoms with Crippen LogP contribution in [0.2, 0.25) is 0 Å². The molecule has 0 heterocycles. The number of benzene rings is 1. The Morgan fingerprint density at radius 1 is 1.61 bits per heavy atom. The van der Waals surface area contributed by atoms with Crippen LogP contribution in [0.1, 0.15) is 6.42 Å². The van der Waals surface area contributed by atoms with E-state index < -0.39 is 6.04 Å². The van der Waals surface area contributed by atoms with Gasteiger partial charge in [-0.25, -0.2) is 0 Å². The fourth-order valence-electron chi connectivity index (χ4n) is 1.35. The summed E-state index contributed by atoms with van der Waals surface area (Å²) in [5.74, 6) is 1.37. The standard InChI is InChI=1S/C12H17BrN2O2S/c1-17-11-7-8(3-4-9(11)13)15-12(16)10(14)5-6-18-2/h3-4,7,10H,5-6,14H2,1-2H3,(H,15,16)/t10-/m0/s1. The second-order valence-electron chi connectivity index (χ2n) is 3.73. The topological polar surface area (TPSA) is 64.3 Å². The van der Waals surface area contributed by atoms with Crippen molar-refractivity contribution in [1.82, 2.24) is 0 Å². The summed E-state index contributed by atoms with van der Waals surface area (Å²) >= 11 is 5.03. The van der Waals surface area contributed by atoms with Crippen LogP contribution < -0.4 is 15.8 Å². The van der Waals surface area contributed by atoms with E-state index in [2.05, 4.69) is 21.2 Å². The first-order chi connectivity index (χ1) is 8.58. The maximum Gasteiger partial charge on any atom is 0.241 e. The minimum atomic E-state index is -0.480. The Balaban J connectivity index is 2.64. The van der Waals surface area contributed by atoms with Gasteiger partial charge in [0.15, 0.2) is 0 Å². The third-order valence-corrected chi connectivity index (χ3v) is 3.69. The normalized spacial score (nSPS) is 12.0. The van der Waals surface area contributed by atoms with Gasteiger partial charge in [-0.15, -0.1) is 0 Å². The summed E-state index contributed by atoms with van der Waals surface area (Å²) in [6.07, 6.45) is 2.66. The van der Waals surface area contributed by atoms with Crippen LogP contribution in [0.5, 0.6) is 5.75 Å². The van der Waals surface area contributed by atoms with Crippen LogP contribution in [-0.2, 0) is 4.79 Å². The molecule has 18 heavy (non-hydrogen) atoms. The first kappa shape index (κ1) is 15.3. The van der Waals surface area contributed by atoms with Gasteiger partial charge in [-0.05, 0) is 46.5 Å². The summed E-state index contributed by atoms with van der Waals surface area (Å²) in [6, 6.07) is 4.89. The second kappa shape index (κ2) is 7.66. The van der Waals surface area contributed by atoms with Crippen molar-refractivity contribution in [2.75, 3.05) is 24.4 Å². The van der Waals surface area contributed by atoms with Gasteiger partial charge in [-0.1, -0.05) is 0 Å². The summed E-state index contributed by atoms with van der Waals surface area (Å²) in [5, 5.41) is 2.78. The molecule has 0 spiro atoms. The molecule has 0 unspecified atom stereocenters. The van der Waals surface area contributed by atoms with Crippen LogP contribution in [-0.4, -0.2) is 31.1 Å². The van der Waals surface area contributed by atoms with Gasteiger partial charge < -0.3 is 15.8 Å². The number of amides is 1. The smallest absolute Gasteiger partial charge is 0.241 e. The molecule has 0 saturated heterocycles. The number of hydrogen-bond acceptors (Lipinski definition) is 4. The largest absolute Gasteiger partial charge is 0.495 e. The number of halogens is 1. The molecular formula is C12H17BrN2O2S.